The van der Waals surface area contributed by atoms with Gasteiger partial charge in [-0.05, 0) is 103 Å². The molecule has 67 heavy (non-hydrogen) atoms. The first kappa shape index (κ1) is 43.5. The summed E-state index contributed by atoms with van der Waals surface area (Å²) in [5.41, 5.74) is 9.13. The number of amides is 2. The number of rotatable bonds is 14. The smallest absolute Gasteiger partial charge is 0.253 e. The largest absolute Gasteiger partial charge is 0.502 e. The number of phenolic OH excluding ortho intramolecular Hbond substituents is 1. The number of aliphatic hydroxyl groups excluding tert-OH is 3. The molecule has 14 heteroatoms. The lowest BCUT2D eigenvalue weighted by Crippen LogP contribution is -2.60. The Bertz CT molecular complexity index is 2730. The van der Waals surface area contributed by atoms with Crippen molar-refractivity contribution < 1.29 is 53.7 Å². The summed E-state index contributed by atoms with van der Waals surface area (Å²) in [6.45, 7) is 3.19. The van der Waals surface area contributed by atoms with E-state index in [-0.39, 0.29) is 79.9 Å². The summed E-state index contributed by atoms with van der Waals surface area (Å²) in [6, 6.07) is 13.5. The van der Waals surface area contributed by atoms with E-state index >= 15 is 0 Å². The molecular formula is C53H57N3O11. The molecule has 4 aromatic carbocycles. The van der Waals surface area contributed by atoms with Gasteiger partial charge in [0.15, 0.2) is 17.7 Å². The number of imide groups is 1. The van der Waals surface area contributed by atoms with E-state index < -0.39 is 29.6 Å². The summed E-state index contributed by atoms with van der Waals surface area (Å²) in [5, 5.41) is 53.8. The molecule has 1 fully saturated rings. The number of aromatic hydroxyl groups is 1. The number of phenols is 1. The molecule has 8 unspecified atom stereocenters. The molecule has 3 heterocycles. The first-order valence-electron chi connectivity index (χ1n) is 23.6. The van der Waals surface area contributed by atoms with E-state index in [1.165, 1.54) is 35.3 Å². The molecule has 0 bridgehead atoms. The molecule has 7 aliphatic rings. The summed E-state index contributed by atoms with van der Waals surface area (Å²) in [7, 11) is 3.10. The summed E-state index contributed by atoms with van der Waals surface area (Å²) in [5.74, 6) is 0.232. The van der Waals surface area contributed by atoms with Gasteiger partial charge in [0, 0.05) is 76.0 Å². The molecule has 0 radical (unpaired) electrons. The van der Waals surface area contributed by atoms with Crippen LogP contribution in [0.5, 0.6) is 34.5 Å². The van der Waals surface area contributed by atoms with Gasteiger partial charge >= 0.3 is 0 Å². The third-order valence-corrected chi connectivity index (χ3v) is 16.0. The van der Waals surface area contributed by atoms with Crippen LogP contribution in [0.1, 0.15) is 88.9 Å². The first-order chi connectivity index (χ1) is 32.6. The highest BCUT2D eigenvalue weighted by atomic mass is 16.5. The number of carbonyl (C=O) groups excluding carboxylic acids is 2. The molecule has 0 aromatic heterocycles. The number of methoxy groups -OCH3 is 2. The van der Waals surface area contributed by atoms with Gasteiger partial charge in [-0.1, -0.05) is 37.3 Å². The molecule has 8 atom stereocenters. The molecule has 1 saturated carbocycles. The fourth-order valence-corrected chi connectivity index (χ4v) is 13.2. The van der Waals surface area contributed by atoms with Crippen LogP contribution in [0.4, 0.5) is 5.69 Å². The van der Waals surface area contributed by atoms with Crippen molar-refractivity contribution in [3.63, 3.8) is 0 Å². The van der Waals surface area contributed by atoms with Gasteiger partial charge in [-0.3, -0.25) is 19.8 Å². The Kier molecular flexibility index (Phi) is 11.0. The van der Waals surface area contributed by atoms with Gasteiger partial charge in [-0.2, -0.15) is 0 Å². The maximum atomic E-state index is 12.9. The van der Waals surface area contributed by atoms with Crippen LogP contribution in [0, 0.1) is 23.7 Å². The van der Waals surface area contributed by atoms with Crippen LogP contribution in [0.2, 0.25) is 0 Å². The Labute approximate surface area is 389 Å². The molecule has 6 N–H and O–H groups in total. The highest BCUT2D eigenvalue weighted by Crippen LogP contribution is 2.63. The molecule has 2 amide bonds. The second-order valence-electron chi connectivity index (χ2n) is 19.0. The number of aryl methyl sites for hydroxylation is 1. The molecule has 4 aliphatic carbocycles. The summed E-state index contributed by atoms with van der Waals surface area (Å²) < 4.78 is 31.0. The van der Waals surface area contributed by atoms with E-state index in [2.05, 4.69) is 41.0 Å². The SMILES string of the molecule is CCNCOc1cc(OC)c2c3c1C(O)Nc1cc4c(c(c1-3)CC2)C(O)C(c1cc(OC)c(O)c(OCC(CO)C23c5c6cccc5CCC2CCC(CN2C(=O)C=CC2=O)C3C=C6)c1)CO4. The van der Waals surface area contributed by atoms with Gasteiger partial charge in [0.2, 0.25) is 5.75 Å². The maximum absolute atomic E-state index is 12.9. The van der Waals surface area contributed by atoms with Crippen LogP contribution in [-0.4, -0.2) is 91.0 Å². The van der Waals surface area contributed by atoms with Gasteiger partial charge in [-0.25, -0.2) is 0 Å². The highest BCUT2D eigenvalue weighted by Gasteiger charge is 2.59. The number of ether oxygens (including phenoxy) is 5. The molecule has 0 saturated heterocycles. The van der Waals surface area contributed by atoms with Crippen LogP contribution in [-0.2, 0) is 34.3 Å². The van der Waals surface area contributed by atoms with Gasteiger partial charge in [0.1, 0.15) is 24.0 Å². The molecule has 14 nitrogen and oxygen atoms in total. The number of nitrogens with one attached hydrogen (secondary N) is 2. The number of anilines is 1. The molecule has 0 spiro atoms. The van der Waals surface area contributed by atoms with Crippen molar-refractivity contribution in [3.05, 3.63) is 105 Å². The Balaban J connectivity index is 0.937. The van der Waals surface area contributed by atoms with E-state index in [0.29, 0.717) is 59.0 Å². The lowest BCUT2D eigenvalue weighted by atomic mass is 9.44. The van der Waals surface area contributed by atoms with Crippen molar-refractivity contribution in [2.24, 2.45) is 23.7 Å². The zero-order chi connectivity index (χ0) is 46.3. The van der Waals surface area contributed by atoms with E-state index in [0.717, 1.165) is 53.5 Å². The number of hydrogen-bond donors (Lipinski definition) is 6. The molecular weight excluding hydrogens is 855 g/mol. The van der Waals surface area contributed by atoms with Crippen LogP contribution in [0.3, 0.4) is 0 Å². The van der Waals surface area contributed by atoms with Gasteiger partial charge in [0.05, 0.1) is 45.7 Å². The number of allylic oxidation sites excluding steroid dienone is 1. The van der Waals surface area contributed by atoms with E-state index in [4.69, 9.17) is 23.7 Å². The summed E-state index contributed by atoms with van der Waals surface area (Å²) >= 11 is 0. The minimum absolute atomic E-state index is 0.0431. The second-order valence-corrected chi connectivity index (χ2v) is 19.0. The minimum Gasteiger partial charge on any atom is -0.502 e. The molecule has 4 aromatic rings. The lowest BCUT2D eigenvalue weighted by molar-refractivity contribution is -0.138. The third-order valence-electron chi connectivity index (χ3n) is 16.0. The van der Waals surface area contributed by atoms with Gasteiger partial charge in [0.25, 0.3) is 11.8 Å². The van der Waals surface area contributed by atoms with Crippen LogP contribution in [0.25, 0.3) is 17.2 Å². The monoisotopic (exact) mass is 911 g/mol. The standard InChI is InChI=1S/C53H57N3O11/c1-4-54-26-67-40-21-38(63-2)33-13-14-34-45-37(55-52(62)48(40)47(33)45)20-39-46(34)50(60)35(25-66-39)30-18-41(64-3)51(61)42(19-30)65-24-32(23-57)53-31-11-8-27-6-5-7-28(49(27)53)10-15-36(53)29(9-12-31)22-56-43(58)16-17-44(56)59/h5-7,10,15-21,29,31-32,35-36,50,52,54-55,57,60-62H,4,8-9,11-14,22-26H2,1-3H3. The average molecular weight is 912 g/mol. The fraction of sp³-hybridized carbons (Fsp3) is 0.434. The third kappa shape index (κ3) is 6.65. The number of carbonyl (C=O) groups is 2. The zero-order valence-corrected chi connectivity index (χ0v) is 38.0. The fourth-order valence-electron chi connectivity index (χ4n) is 13.2. The average Bonchev–Trinajstić information content (AvgIpc) is 3.65. The van der Waals surface area contributed by atoms with Gasteiger partial charge in [-0.15, -0.1) is 0 Å². The molecule has 11 rings (SSSR count). The lowest BCUT2D eigenvalue weighted by Gasteiger charge is -2.60. The topological polar surface area (TPSA) is 189 Å². The number of aliphatic hydroxyl groups is 3. The van der Waals surface area contributed by atoms with Gasteiger partial charge < -0.3 is 49.4 Å². The number of hydrogen-bond acceptors (Lipinski definition) is 13. The minimum atomic E-state index is -1.06. The first-order valence-corrected chi connectivity index (χ1v) is 23.6. The van der Waals surface area contributed by atoms with Crippen molar-refractivity contribution in [3.8, 4) is 45.6 Å². The Morgan fingerprint density at radius 1 is 0.896 bits per heavy atom. The highest BCUT2D eigenvalue weighted by molar-refractivity contribution is 6.12. The normalized spacial score (nSPS) is 26.2. The Hall–Kier alpha value is -6.06. The van der Waals surface area contributed by atoms with Crippen molar-refractivity contribution >= 4 is 23.6 Å². The van der Waals surface area contributed by atoms with E-state index in [1.807, 2.05) is 19.1 Å². The number of fused-ring (bicyclic) bond motifs is 2. The van der Waals surface area contributed by atoms with Crippen LogP contribution >= 0.6 is 0 Å². The second kappa shape index (κ2) is 16.9. The van der Waals surface area contributed by atoms with Crippen molar-refractivity contribution in [1.82, 2.24) is 10.2 Å². The van der Waals surface area contributed by atoms with E-state index in [9.17, 15) is 30.0 Å². The number of benzene rings is 4. The predicted molar refractivity (Wildman–Crippen MR) is 249 cm³/mol. The number of nitrogens with zero attached hydrogens (tertiary/aromatic N) is 1. The Morgan fingerprint density at radius 3 is 2.46 bits per heavy atom. The van der Waals surface area contributed by atoms with Crippen molar-refractivity contribution in [1.29, 1.82) is 0 Å². The zero-order valence-electron chi connectivity index (χ0n) is 38.0. The Morgan fingerprint density at radius 2 is 1.69 bits per heavy atom. The predicted octanol–water partition coefficient (Wildman–Crippen LogP) is 6.21. The van der Waals surface area contributed by atoms with E-state index in [1.54, 1.807) is 19.2 Å². The van der Waals surface area contributed by atoms with Crippen LogP contribution < -0.4 is 34.3 Å². The van der Waals surface area contributed by atoms with Crippen molar-refractivity contribution in [2.45, 2.75) is 69.1 Å². The maximum Gasteiger partial charge on any atom is 0.253 e. The summed E-state index contributed by atoms with van der Waals surface area (Å²) in [6.07, 6.45) is 9.70. The summed E-state index contributed by atoms with van der Waals surface area (Å²) in [4.78, 5) is 27.1. The van der Waals surface area contributed by atoms with Crippen molar-refractivity contribution in [2.75, 3.05) is 59.2 Å². The van der Waals surface area contributed by atoms with Crippen LogP contribution in [0.15, 0.2) is 60.7 Å². The molecule has 350 valence electrons. The molecule has 3 aliphatic heterocycles. The quantitative estimate of drug-likeness (QED) is 0.0477.